The summed E-state index contributed by atoms with van der Waals surface area (Å²) in [6.45, 7) is 5.78. The van der Waals surface area contributed by atoms with E-state index in [1.54, 1.807) is 7.05 Å². The number of benzene rings is 1. The molecule has 1 aromatic rings. The van der Waals surface area contributed by atoms with Crippen LogP contribution in [0.15, 0.2) is 29.9 Å². The van der Waals surface area contributed by atoms with Gasteiger partial charge in [0.25, 0.3) is 6.08 Å². The Balaban J connectivity index is 1.70. The van der Waals surface area contributed by atoms with E-state index in [4.69, 9.17) is 4.74 Å². The van der Waals surface area contributed by atoms with E-state index in [0.717, 1.165) is 23.4 Å². The van der Waals surface area contributed by atoms with Gasteiger partial charge >= 0.3 is 0 Å². The third kappa shape index (κ3) is 4.00. The first-order valence-corrected chi connectivity index (χ1v) is 10.1. The van der Waals surface area contributed by atoms with Gasteiger partial charge in [-0.05, 0) is 38.3 Å². The Labute approximate surface area is 156 Å². The average molecular weight is 384 g/mol. The molecule has 144 valence electrons. The van der Waals surface area contributed by atoms with E-state index in [0.29, 0.717) is 32.5 Å². The van der Waals surface area contributed by atoms with Crippen molar-refractivity contribution in [2.24, 2.45) is 0 Å². The Morgan fingerprint density at radius 3 is 2.65 bits per heavy atom. The molecule has 2 unspecified atom stereocenters. The Kier molecular flexibility index (Phi) is 5.79. The summed E-state index contributed by atoms with van der Waals surface area (Å²) in [5.74, 6) is 1.07. The largest absolute Gasteiger partial charge is 0.598 e. The lowest BCUT2D eigenvalue weighted by Gasteiger charge is -2.30. The molecule has 0 bridgehead atoms. The van der Waals surface area contributed by atoms with Crippen LogP contribution >= 0.6 is 0 Å². The number of piperidine rings is 1. The summed E-state index contributed by atoms with van der Waals surface area (Å²) >= 11 is -1.11. The molecule has 0 radical (unpaired) electrons. The predicted molar refractivity (Wildman–Crippen MR) is 101 cm³/mol. The fourth-order valence-corrected chi connectivity index (χ4v) is 4.71. The van der Waals surface area contributed by atoms with Crippen LogP contribution in [0.4, 0.5) is 14.5 Å². The smallest absolute Gasteiger partial charge is 0.269 e. The van der Waals surface area contributed by atoms with Gasteiger partial charge in [0, 0.05) is 61.2 Å². The SMILES string of the molecule is CN[S+]([O-])C(C)(C)CC1COc2cc(N3CCC(=C(F)F)CC3)ccc21. The monoisotopic (exact) mass is 384 g/mol. The first-order valence-electron chi connectivity index (χ1n) is 8.96. The molecule has 4 nitrogen and oxygen atoms in total. The molecule has 1 N–H and O–H groups in total. The van der Waals surface area contributed by atoms with Gasteiger partial charge in [-0.15, -0.1) is 4.72 Å². The van der Waals surface area contributed by atoms with Crippen LogP contribution < -0.4 is 14.4 Å². The molecule has 3 rings (SSSR count). The van der Waals surface area contributed by atoms with Crippen molar-refractivity contribution in [3.05, 3.63) is 35.4 Å². The van der Waals surface area contributed by atoms with Gasteiger partial charge in [0.1, 0.15) is 10.5 Å². The van der Waals surface area contributed by atoms with Crippen molar-refractivity contribution in [1.82, 2.24) is 4.72 Å². The third-order valence-corrected chi connectivity index (χ3v) is 6.84. The van der Waals surface area contributed by atoms with E-state index in [-0.39, 0.29) is 16.2 Å². The van der Waals surface area contributed by atoms with Crippen LogP contribution in [0.2, 0.25) is 0 Å². The van der Waals surface area contributed by atoms with Crippen LogP contribution in [0, 0.1) is 0 Å². The Bertz CT molecular complexity index is 682. The normalized spacial score (nSPS) is 21.4. The molecule has 1 aromatic carbocycles. The highest BCUT2D eigenvalue weighted by molar-refractivity contribution is 7.90. The lowest BCUT2D eigenvalue weighted by Crippen LogP contribution is -2.41. The van der Waals surface area contributed by atoms with Crippen molar-refractivity contribution in [3.63, 3.8) is 0 Å². The second kappa shape index (κ2) is 7.74. The average Bonchev–Trinajstić information content (AvgIpc) is 3.02. The topological polar surface area (TPSA) is 47.6 Å². The minimum absolute atomic E-state index is 0.211. The zero-order valence-corrected chi connectivity index (χ0v) is 16.3. The maximum atomic E-state index is 12.7. The summed E-state index contributed by atoms with van der Waals surface area (Å²) in [5, 5.41) is 0. The quantitative estimate of drug-likeness (QED) is 0.781. The van der Waals surface area contributed by atoms with Gasteiger partial charge in [-0.25, -0.2) is 0 Å². The molecule has 0 saturated carbocycles. The van der Waals surface area contributed by atoms with Crippen LogP contribution in [-0.2, 0) is 11.4 Å². The molecule has 26 heavy (non-hydrogen) atoms. The van der Waals surface area contributed by atoms with Gasteiger partial charge < -0.3 is 14.2 Å². The number of anilines is 1. The maximum absolute atomic E-state index is 12.7. The lowest BCUT2D eigenvalue weighted by atomic mass is 9.91. The van der Waals surface area contributed by atoms with E-state index in [1.807, 2.05) is 26.0 Å². The number of nitrogens with zero attached hydrogens (tertiary/aromatic N) is 1. The molecule has 2 aliphatic rings. The van der Waals surface area contributed by atoms with Crippen LogP contribution in [0.1, 0.15) is 44.6 Å². The van der Waals surface area contributed by atoms with Crippen molar-refractivity contribution in [2.45, 2.75) is 43.8 Å². The van der Waals surface area contributed by atoms with Crippen LogP contribution in [0.25, 0.3) is 0 Å². The summed E-state index contributed by atoms with van der Waals surface area (Å²) in [7, 11) is 1.71. The molecular formula is C19H26F2N2O2S. The molecule has 0 amide bonds. The predicted octanol–water partition coefficient (Wildman–Crippen LogP) is 3.97. The first-order chi connectivity index (χ1) is 12.3. The maximum Gasteiger partial charge on any atom is 0.269 e. The molecule has 0 spiro atoms. The molecule has 0 aliphatic carbocycles. The Morgan fingerprint density at radius 2 is 2.04 bits per heavy atom. The minimum atomic E-state index is -1.52. The fraction of sp³-hybridized carbons (Fsp3) is 0.579. The summed E-state index contributed by atoms with van der Waals surface area (Å²) in [5.41, 5.74) is 2.43. The number of ether oxygens (including phenoxy) is 1. The van der Waals surface area contributed by atoms with Gasteiger partial charge in [0.15, 0.2) is 0 Å². The van der Waals surface area contributed by atoms with Crippen molar-refractivity contribution in [1.29, 1.82) is 0 Å². The van der Waals surface area contributed by atoms with E-state index in [9.17, 15) is 13.3 Å². The number of rotatable bonds is 5. The second-order valence-corrected chi connectivity index (χ2v) is 9.57. The number of hydrogen-bond acceptors (Lipinski definition) is 4. The highest BCUT2D eigenvalue weighted by atomic mass is 32.2. The second-order valence-electron chi connectivity index (χ2n) is 7.52. The lowest BCUT2D eigenvalue weighted by molar-refractivity contribution is 0.316. The van der Waals surface area contributed by atoms with Crippen LogP contribution in [-0.4, -0.2) is 36.0 Å². The summed E-state index contributed by atoms with van der Waals surface area (Å²) in [6, 6.07) is 6.13. The van der Waals surface area contributed by atoms with E-state index in [1.165, 1.54) is 0 Å². The Morgan fingerprint density at radius 1 is 1.35 bits per heavy atom. The van der Waals surface area contributed by atoms with Crippen molar-refractivity contribution in [2.75, 3.05) is 31.6 Å². The standard InChI is InChI=1S/C19H26F2N2O2S/c1-19(2,26(24)22-3)11-14-12-25-17-10-15(4-5-16(14)17)23-8-6-13(7-9-23)18(20)21/h4-5,10,14,22H,6-9,11-12H2,1-3H3. The van der Waals surface area contributed by atoms with E-state index in [2.05, 4.69) is 15.7 Å². The van der Waals surface area contributed by atoms with Gasteiger partial charge in [-0.1, -0.05) is 6.07 Å². The molecule has 7 heteroatoms. The number of nitrogens with one attached hydrogen (secondary N) is 1. The van der Waals surface area contributed by atoms with Gasteiger partial charge in [-0.2, -0.15) is 8.78 Å². The zero-order valence-electron chi connectivity index (χ0n) is 15.5. The zero-order chi connectivity index (χ0) is 18.9. The summed E-state index contributed by atoms with van der Waals surface area (Å²) in [4.78, 5) is 2.13. The molecular weight excluding hydrogens is 358 g/mol. The Hall–Kier alpha value is -1.31. The fourth-order valence-electron chi connectivity index (χ4n) is 3.80. The molecule has 2 atom stereocenters. The number of halogens is 2. The van der Waals surface area contributed by atoms with Gasteiger partial charge in [0.2, 0.25) is 0 Å². The molecule has 1 saturated heterocycles. The number of hydrogen-bond donors (Lipinski definition) is 1. The van der Waals surface area contributed by atoms with Crippen molar-refractivity contribution < 1.29 is 18.1 Å². The summed E-state index contributed by atoms with van der Waals surface area (Å²) in [6.07, 6.45) is 0.0617. The first kappa shape index (κ1) is 19.5. The van der Waals surface area contributed by atoms with Crippen molar-refractivity contribution in [3.8, 4) is 5.75 Å². The highest BCUT2D eigenvalue weighted by Crippen LogP contribution is 2.42. The molecule has 2 aliphatic heterocycles. The molecule has 1 fully saturated rings. The number of fused-ring (bicyclic) bond motifs is 1. The minimum Gasteiger partial charge on any atom is -0.598 e. The highest BCUT2D eigenvalue weighted by Gasteiger charge is 2.38. The third-order valence-electron chi connectivity index (χ3n) is 5.30. The summed E-state index contributed by atoms with van der Waals surface area (Å²) < 4.78 is 45.9. The molecule has 2 heterocycles. The van der Waals surface area contributed by atoms with Crippen molar-refractivity contribution >= 4 is 17.0 Å². The van der Waals surface area contributed by atoms with Gasteiger partial charge in [-0.3, -0.25) is 0 Å². The van der Waals surface area contributed by atoms with Gasteiger partial charge in [0.05, 0.1) is 6.61 Å². The van der Waals surface area contributed by atoms with E-state index < -0.39 is 17.4 Å². The van der Waals surface area contributed by atoms with Crippen LogP contribution in [0.5, 0.6) is 5.75 Å². The van der Waals surface area contributed by atoms with Crippen LogP contribution in [0.3, 0.4) is 0 Å². The molecule has 0 aromatic heterocycles. The van der Waals surface area contributed by atoms with E-state index >= 15 is 0 Å².